The average Bonchev–Trinajstić information content (AvgIpc) is 2.66. The number of carbonyl (C=O) groups excluding carboxylic acids is 2. The van der Waals surface area contributed by atoms with Crippen molar-refractivity contribution >= 4 is 23.7 Å². The molecule has 2 aromatic rings. The second kappa shape index (κ2) is 8.52. The van der Waals surface area contributed by atoms with Crippen molar-refractivity contribution in [2.75, 3.05) is 32.1 Å². The van der Waals surface area contributed by atoms with Gasteiger partial charge in [-0.2, -0.15) is 0 Å². The number of rotatable bonds is 6. The molecule has 0 fully saturated rings. The predicted octanol–water partition coefficient (Wildman–Crippen LogP) is 2.82. The van der Waals surface area contributed by atoms with Crippen molar-refractivity contribution < 1.29 is 14.5 Å². The highest BCUT2D eigenvalue weighted by Crippen LogP contribution is 2.32. The first kappa shape index (κ1) is 21.9. The first-order chi connectivity index (χ1) is 14.1. The number of aryl methyl sites for hydroxylation is 2. The van der Waals surface area contributed by atoms with Crippen LogP contribution in [0.2, 0.25) is 0 Å². The molecular formula is C25H32N3O2+. The van der Waals surface area contributed by atoms with Crippen LogP contribution >= 0.6 is 0 Å². The van der Waals surface area contributed by atoms with Crippen molar-refractivity contribution in [3.63, 3.8) is 0 Å². The molecule has 158 valence electrons. The van der Waals surface area contributed by atoms with Crippen LogP contribution in [0.25, 0.3) is 0 Å². The van der Waals surface area contributed by atoms with E-state index in [2.05, 4.69) is 32.9 Å². The fourth-order valence-corrected chi connectivity index (χ4v) is 4.13. The summed E-state index contributed by atoms with van der Waals surface area (Å²) in [6.45, 7) is 9.96. The molecule has 1 atom stereocenters. The molecule has 1 N–H and O–H groups in total. The normalized spacial score (nSPS) is 17.2. The SMILES string of the molecule is Cc1ccc(N2C(=O)c3ccccc3[C@@H](C=NCC(C)(C)C[NH+](C)C)C2=O)cc1C. The fraction of sp³-hybridized carbons (Fsp3) is 0.400. The Bertz CT molecular complexity index is 992. The van der Waals surface area contributed by atoms with Gasteiger partial charge >= 0.3 is 0 Å². The number of quaternary nitrogens is 1. The Morgan fingerprint density at radius 3 is 2.43 bits per heavy atom. The topological polar surface area (TPSA) is 54.2 Å². The summed E-state index contributed by atoms with van der Waals surface area (Å²) in [5, 5.41) is 0. The van der Waals surface area contributed by atoms with E-state index >= 15 is 0 Å². The van der Waals surface area contributed by atoms with Gasteiger partial charge in [-0.15, -0.1) is 0 Å². The van der Waals surface area contributed by atoms with Crippen LogP contribution in [-0.4, -0.2) is 45.2 Å². The largest absolute Gasteiger partial charge is 0.339 e. The summed E-state index contributed by atoms with van der Waals surface area (Å²) in [5.41, 5.74) is 4.09. The minimum absolute atomic E-state index is 0.0239. The highest BCUT2D eigenvalue weighted by atomic mass is 16.2. The molecule has 5 heteroatoms. The number of hydrogen-bond acceptors (Lipinski definition) is 3. The monoisotopic (exact) mass is 406 g/mol. The number of benzene rings is 2. The molecule has 0 aliphatic carbocycles. The average molecular weight is 407 g/mol. The molecule has 5 nitrogen and oxygen atoms in total. The van der Waals surface area contributed by atoms with E-state index in [-0.39, 0.29) is 17.2 Å². The Morgan fingerprint density at radius 1 is 1.07 bits per heavy atom. The van der Waals surface area contributed by atoms with Gasteiger partial charge in [0, 0.05) is 23.7 Å². The van der Waals surface area contributed by atoms with Crippen LogP contribution in [0.1, 0.15) is 46.8 Å². The van der Waals surface area contributed by atoms with Gasteiger partial charge in [-0.1, -0.05) is 38.1 Å². The summed E-state index contributed by atoms with van der Waals surface area (Å²) < 4.78 is 0. The van der Waals surface area contributed by atoms with E-state index in [1.165, 1.54) is 9.80 Å². The molecule has 0 saturated carbocycles. The fourth-order valence-electron chi connectivity index (χ4n) is 4.13. The van der Waals surface area contributed by atoms with Crippen LogP contribution in [0.3, 0.4) is 0 Å². The first-order valence-corrected chi connectivity index (χ1v) is 10.4. The van der Waals surface area contributed by atoms with Crippen molar-refractivity contribution in [3.8, 4) is 0 Å². The van der Waals surface area contributed by atoms with Gasteiger partial charge in [0.05, 0.1) is 32.2 Å². The van der Waals surface area contributed by atoms with Crippen molar-refractivity contribution in [1.82, 2.24) is 0 Å². The van der Waals surface area contributed by atoms with Crippen LogP contribution in [0.5, 0.6) is 0 Å². The van der Waals surface area contributed by atoms with E-state index in [1.54, 1.807) is 12.3 Å². The maximum absolute atomic E-state index is 13.4. The molecule has 30 heavy (non-hydrogen) atoms. The second-order valence-electron chi connectivity index (χ2n) is 9.35. The van der Waals surface area contributed by atoms with E-state index < -0.39 is 5.92 Å². The number of hydrogen-bond donors (Lipinski definition) is 1. The number of carbonyl (C=O) groups is 2. The Labute approximate surface area is 179 Å². The molecule has 1 aliphatic rings. The van der Waals surface area contributed by atoms with Crippen molar-refractivity contribution in [3.05, 3.63) is 64.7 Å². The van der Waals surface area contributed by atoms with E-state index in [0.717, 1.165) is 23.2 Å². The minimum Gasteiger partial charge on any atom is -0.339 e. The zero-order valence-electron chi connectivity index (χ0n) is 18.8. The third kappa shape index (κ3) is 4.51. The lowest BCUT2D eigenvalue weighted by Gasteiger charge is -2.31. The summed E-state index contributed by atoms with van der Waals surface area (Å²) in [7, 11) is 4.25. The lowest BCUT2D eigenvalue weighted by Crippen LogP contribution is -3.07. The van der Waals surface area contributed by atoms with Gasteiger partial charge in [0.1, 0.15) is 0 Å². The third-order valence-electron chi connectivity index (χ3n) is 5.57. The number of nitrogens with one attached hydrogen (secondary N) is 1. The maximum Gasteiger partial charge on any atom is 0.265 e. The Balaban J connectivity index is 1.97. The summed E-state index contributed by atoms with van der Waals surface area (Å²) in [5.74, 6) is -1.09. The molecule has 3 rings (SSSR count). The molecule has 0 aromatic heterocycles. The molecule has 0 radical (unpaired) electrons. The van der Waals surface area contributed by atoms with E-state index in [0.29, 0.717) is 17.8 Å². The minimum atomic E-state index is -0.567. The molecule has 0 spiro atoms. The van der Waals surface area contributed by atoms with E-state index in [9.17, 15) is 9.59 Å². The van der Waals surface area contributed by atoms with Gasteiger partial charge < -0.3 is 4.90 Å². The molecule has 1 heterocycles. The molecular weight excluding hydrogens is 374 g/mol. The smallest absolute Gasteiger partial charge is 0.265 e. The van der Waals surface area contributed by atoms with Crippen molar-refractivity contribution in [2.45, 2.75) is 33.6 Å². The zero-order chi connectivity index (χ0) is 22.1. The first-order valence-electron chi connectivity index (χ1n) is 10.4. The summed E-state index contributed by atoms with van der Waals surface area (Å²) in [4.78, 5) is 33.9. The molecule has 0 saturated heterocycles. The molecule has 2 amide bonds. The molecule has 0 unspecified atom stereocenters. The quantitative estimate of drug-likeness (QED) is 0.592. The van der Waals surface area contributed by atoms with Gasteiger partial charge in [0.15, 0.2) is 0 Å². The Morgan fingerprint density at radius 2 is 1.77 bits per heavy atom. The number of nitrogens with zero attached hydrogens (tertiary/aromatic N) is 2. The number of imide groups is 1. The molecule has 1 aliphatic heterocycles. The summed E-state index contributed by atoms with van der Waals surface area (Å²) in [6, 6.07) is 13.0. The zero-order valence-corrected chi connectivity index (χ0v) is 18.8. The lowest BCUT2D eigenvalue weighted by atomic mass is 9.88. The maximum atomic E-state index is 13.4. The van der Waals surface area contributed by atoms with Crippen molar-refractivity contribution in [2.24, 2.45) is 10.4 Å². The standard InChI is InChI=1S/C25H31N3O2/c1-17-11-12-19(13-18(17)2)28-23(29)21-10-8-7-9-20(21)22(24(28)30)14-26-15-25(3,4)16-27(5)6/h7-14,22H,15-16H2,1-6H3/p+1/t22-/m1/s1. The second-order valence-corrected chi connectivity index (χ2v) is 9.35. The number of amides is 2. The van der Waals surface area contributed by atoms with Crippen molar-refractivity contribution in [1.29, 1.82) is 0 Å². The van der Waals surface area contributed by atoms with E-state index in [4.69, 9.17) is 0 Å². The predicted molar refractivity (Wildman–Crippen MR) is 122 cm³/mol. The number of fused-ring (bicyclic) bond motifs is 1. The highest BCUT2D eigenvalue weighted by molar-refractivity contribution is 6.29. The van der Waals surface area contributed by atoms with E-state index in [1.807, 2.05) is 50.2 Å². The van der Waals surface area contributed by atoms with Gasteiger partial charge in [-0.05, 0) is 48.7 Å². The Hall–Kier alpha value is -2.79. The third-order valence-corrected chi connectivity index (χ3v) is 5.57. The van der Waals surface area contributed by atoms with Crippen LogP contribution in [0.4, 0.5) is 5.69 Å². The molecule has 0 bridgehead atoms. The molecule has 2 aromatic carbocycles. The van der Waals surface area contributed by atoms with Crippen LogP contribution in [0.15, 0.2) is 47.5 Å². The lowest BCUT2D eigenvalue weighted by molar-refractivity contribution is -0.865. The number of aliphatic imine (C=N–C) groups is 1. The van der Waals surface area contributed by atoms with Crippen LogP contribution < -0.4 is 9.80 Å². The summed E-state index contributed by atoms with van der Waals surface area (Å²) in [6.07, 6.45) is 1.73. The van der Waals surface area contributed by atoms with Crippen LogP contribution in [-0.2, 0) is 4.79 Å². The van der Waals surface area contributed by atoms with Crippen LogP contribution in [0, 0.1) is 19.3 Å². The van der Waals surface area contributed by atoms with Gasteiger partial charge in [0.25, 0.3) is 5.91 Å². The van der Waals surface area contributed by atoms with Gasteiger partial charge in [-0.3, -0.25) is 14.6 Å². The highest BCUT2D eigenvalue weighted by Gasteiger charge is 2.39. The number of anilines is 1. The summed E-state index contributed by atoms with van der Waals surface area (Å²) >= 11 is 0. The van der Waals surface area contributed by atoms with Gasteiger partial charge in [0.2, 0.25) is 5.91 Å². The van der Waals surface area contributed by atoms with Gasteiger partial charge in [-0.25, -0.2) is 4.90 Å². The Kier molecular flexibility index (Phi) is 6.22.